The van der Waals surface area contributed by atoms with Crippen LogP contribution in [0.15, 0.2) is 0 Å². The number of hydrogen-bond donors (Lipinski definition) is 3. The summed E-state index contributed by atoms with van der Waals surface area (Å²) in [5.41, 5.74) is 0. The van der Waals surface area contributed by atoms with Crippen molar-refractivity contribution in [3.8, 4) is 0 Å². The summed E-state index contributed by atoms with van der Waals surface area (Å²) < 4.78 is 0. The molecule has 0 heterocycles. The third kappa shape index (κ3) is 4.01. The van der Waals surface area contributed by atoms with Gasteiger partial charge in [-0.2, -0.15) is 25.3 Å². The van der Waals surface area contributed by atoms with Crippen molar-refractivity contribution in [1.82, 2.24) is 5.32 Å². The molecule has 0 bridgehead atoms. The maximum atomic E-state index is 10.6. The van der Waals surface area contributed by atoms with Crippen molar-refractivity contribution in [3.63, 3.8) is 0 Å². The van der Waals surface area contributed by atoms with Gasteiger partial charge in [0.1, 0.15) is 6.29 Å². The summed E-state index contributed by atoms with van der Waals surface area (Å²) in [6.07, 6.45) is 0.794. The minimum atomic E-state index is -0.383. The summed E-state index contributed by atoms with van der Waals surface area (Å²) in [5.74, 6) is -0.394. The number of aldehydes is 1. The van der Waals surface area contributed by atoms with Crippen molar-refractivity contribution in [1.29, 1.82) is 0 Å². The molecule has 1 amide bonds. The number of amides is 1. The summed E-state index contributed by atoms with van der Waals surface area (Å²) in [6.45, 7) is 3.13. The molecule has 70 valence electrons. The molecule has 3 unspecified atom stereocenters. The summed E-state index contributed by atoms with van der Waals surface area (Å²) in [4.78, 5) is 20.9. The second-order valence-corrected chi connectivity index (χ2v) is 3.78. The van der Waals surface area contributed by atoms with Gasteiger partial charge >= 0.3 is 0 Å². The monoisotopic (exact) mass is 207 g/mol. The summed E-state index contributed by atoms with van der Waals surface area (Å²) in [7, 11) is 0. The van der Waals surface area contributed by atoms with Crippen LogP contribution in [0.2, 0.25) is 0 Å². The maximum absolute atomic E-state index is 10.6. The molecular formula is C7H13NO2S2. The Morgan fingerprint density at radius 1 is 1.50 bits per heavy atom. The lowest BCUT2D eigenvalue weighted by atomic mass is 10.1. The van der Waals surface area contributed by atoms with Crippen LogP contribution >= 0.6 is 25.3 Å². The predicted molar refractivity (Wildman–Crippen MR) is 54.6 cm³/mol. The van der Waals surface area contributed by atoms with Crippen LogP contribution in [0.1, 0.15) is 13.8 Å². The molecule has 0 spiro atoms. The highest BCUT2D eigenvalue weighted by Crippen LogP contribution is 2.14. The van der Waals surface area contributed by atoms with E-state index in [0.29, 0.717) is 0 Å². The van der Waals surface area contributed by atoms with Crippen LogP contribution in [0.5, 0.6) is 0 Å². The van der Waals surface area contributed by atoms with Gasteiger partial charge < -0.3 is 10.1 Å². The van der Waals surface area contributed by atoms with Gasteiger partial charge in [0.15, 0.2) is 0 Å². The summed E-state index contributed by atoms with van der Waals surface area (Å²) >= 11 is 8.24. The molecule has 0 aromatic rings. The minimum Gasteiger partial charge on any atom is -0.344 e. The fraction of sp³-hybridized carbons (Fsp3) is 0.714. The van der Waals surface area contributed by atoms with Crippen LogP contribution in [-0.2, 0) is 9.59 Å². The molecule has 0 saturated carbocycles. The van der Waals surface area contributed by atoms with Gasteiger partial charge in [-0.15, -0.1) is 0 Å². The van der Waals surface area contributed by atoms with Gasteiger partial charge in [-0.1, -0.05) is 6.92 Å². The Morgan fingerprint density at radius 2 is 2.00 bits per heavy atom. The van der Waals surface area contributed by atoms with Gasteiger partial charge in [0.05, 0.1) is 5.37 Å². The zero-order valence-electron chi connectivity index (χ0n) is 7.02. The lowest BCUT2D eigenvalue weighted by Crippen LogP contribution is -2.39. The first-order chi connectivity index (χ1) is 5.49. The first-order valence-corrected chi connectivity index (χ1v) is 4.61. The molecule has 5 heteroatoms. The van der Waals surface area contributed by atoms with Gasteiger partial charge in [-0.25, -0.2) is 0 Å². The molecule has 0 aromatic carbocycles. The van der Waals surface area contributed by atoms with Crippen LogP contribution in [-0.4, -0.2) is 22.8 Å². The second-order valence-electron chi connectivity index (χ2n) is 2.63. The van der Waals surface area contributed by atoms with E-state index in [0.717, 1.165) is 6.29 Å². The quantitative estimate of drug-likeness (QED) is 0.357. The Balaban J connectivity index is 3.99. The van der Waals surface area contributed by atoms with Crippen molar-refractivity contribution >= 4 is 37.5 Å². The number of carbonyl (C=O) groups excluding carboxylic acids is 2. The third-order valence-corrected chi connectivity index (χ3v) is 2.88. The van der Waals surface area contributed by atoms with Gasteiger partial charge in [-0.3, -0.25) is 4.79 Å². The van der Waals surface area contributed by atoms with E-state index >= 15 is 0 Å². The zero-order chi connectivity index (χ0) is 9.72. The number of carbonyl (C=O) groups is 2. The standard InChI is InChI=1S/C7H13NO2S2/c1-4(3-9)6(11)7(12)8-5(2)10/h3-4,6-7,11-12H,1-2H3,(H,8,10). The molecule has 3 nitrogen and oxygen atoms in total. The second kappa shape index (κ2) is 5.48. The van der Waals surface area contributed by atoms with Crippen LogP contribution in [0.4, 0.5) is 0 Å². The van der Waals surface area contributed by atoms with E-state index in [1.165, 1.54) is 6.92 Å². The summed E-state index contributed by atoms with van der Waals surface area (Å²) in [5, 5.41) is 1.91. The number of nitrogens with one attached hydrogen (secondary N) is 1. The lowest BCUT2D eigenvalue weighted by molar-refractivity contribution is -0.119. The molecule has 1 N–H and O–H groups in total. The van der Waals surface area contributed by atoms with Crippen molar-refractivity contribution in [2.75, 3.05) is 0 Å². The molecular weight excluding hydrogens is 194 g/mol. The predicted octanol–water partition coefficient (Wildman–Crippen LogP) is 0.512. The average Bonchev–Trinajstić information content (AvgIpc) is 2.00. The molecule has 3 atom stereocenters. The Hall–Kier alpha value is -0.160. The molecule has 0 saturated heterocycles. The average molecular weight is 207 g/mol. The SMILES string of the molecule is CC(=O)NC(S)C(S)C(C)C=O. The molecule has 0 fully saturated rings. The van der Waals surface area contributed by atoms with Crippen LogP contribution in [0, 0.1) is 5.92 Å². The molecule has 0 aliphatic heterocycles. The highest BCUT2D eigenvalue weighted by Gasteiger charge is 2.20. The first-order valence-electron chi connectivity index (χ1n) is 3.57. The smallest absolute Gasteiger partial charge is 0.217 e. The molecule has 0 aromatic heterocycles. The molecule has 12 heavy (non-hydrogen) atoms. The van der Waals surface area contributed by atoms with Gasteiger partial charge in [0.25, 0.3) is 0 Å². The highest BCUT2D eigenvalue weighted by atomic mass is 32.1. The fourth-order valence-electron chi connectivity index (χ4n) is 0.662. The number of rotatable bonds is 4. The van der Waals surface area contributed by atoms with Gasteiger partial charge in [0, 0.05) is 18.1 Å². The Morgan fingerprint density at radius 3 is 2.33 bits per heavy atom. The van der Waals surface area contributed by atoms with E-state index in [9.17, 15) is 9.59 Å². The minimum absolute atomic E-state index is 0.174. The van der Waals surface area contributed by atoms with Crippen molar-refractivity contribution in [2.24, 2.45) is 5.92 Å². The Labute approximate surface area is 83.1 Å². The molecule has 0 aliphatic rings. The van der Waals surface area contributed by atoms with Gasteiger partial charge in [0.2, 0.25) is 5.91 Å². The lowest BCUT2D eigenvalue weighted by Gasteiger charge is -2.21. The largest absolute Gasteiger partial charge is 0.344 e. The van der Waals surface area contributed by atoms with Gasteiger partial charge in [-0.05, 0) is 0 Å². The maximum Gasteiger partial charge on any atom is 0.217 e. The first kappa shape index (κ1) is 11.8. The molecule has 0 aliphatic carbocycles. The Bertz CT molecular complexity index is 175. The number of thiol groups is 2. The highest BCUT2D eigenvalue weighted by molar-refractivity contribution is 7.85. The van der Waals surface area contributed by atoms with E-state index in [4.69, 9.17) is 0 Å². The normalized spacial score (nSPS) is 17.7. The van der Waals surface area contributed by atoms with E-state index in [1.807, 2.05) is 0 Å². The summed E-state index contributed by atoms with van der Waals surface area (Å²) in [6, 6.07) is 0. The van der Waals surface area contributed by atoms with E-state index in [-0.39, 0.29) is 22.4 Å². The van der Waals surface area contributed by atoms with Crippen LogP contribution < -0.4 is 5.32 Å². The van der Waals surface area contributed by atoms with E-state index in [1.54, 1.807) is 6.92 Å². The van der Waals surface area contributed by atoms with E-state index < -0.39 is 0 Å². The topological polar surface area (TPSA) is 46.2 Å². The van der Waals surface area contributed by atoms with Crippen LogP contribution in [0.25, 0.3) is 0 Å². The third-order valence-electron chi connectivity index (χ3n) is 1.43. The van der Waals surface area contributed by atoms with Crippen molar-refractivity contribution in [2.45, 2.75) is 24.5 Å². The molecule has 0 rings (SSSR count). The van der Waals surface area contributed by atoms with Crippen molar-refractivity contribution < 1.29 is 9.59 Å². The fourth-order valence-corrected chi connectivity index (χ4v) is 1.26. The Kier molecular flexibility index (Phi) is 5.41. The van der Waals surface area contributed by atoms with Crippen molar-refractivity contribution in [3.05, 3.63) is 0 Å². The van der Waals surface area contributed by atoms with E-state index in [2.05, 4.69) is 30.6 Å². The number of hydrogen-bond acceptors (Lipinski definition) is 4. The zero-order valence-corrected chi connectivity index (χ0v) is 8.81. The van der Waals surface area contributed by atoms with Crippen LogP contribution in [0.3, 0.4) is 0 Å². The molecule has 0 radical (unpaired) electrons.